The molecule has 1 saturated heterocycles. The number of H-pyrrole nitrogens is 1. The second-order valence-corrected chi connectivity index (χ2v) is 7.41. The summed E-state index contributed by atoms with van der Waals surface area (Å²) >= 11 is 0. The number of nitrogens with one attached hydrogen (secondary N) is 2. The summed E-state index contributed by atoms with van der Waals surface area (Å²) in [7, 11) is 0. The molecule has 2 aliphatic heterocycles. The molecule has 1 aromatic carbocycles. The van der Waals surface area contributed by atoms with Gasteiger partial charge < -0.3 is 30.9 Å². The lowest BCUT2D eigenvalue weighted by Crippen LogP contribution is -2.35. The maximum absolute atomic E-state index is 12.7. The van der Waals surface area contributed by atoms with Crippen molar-refractivity contribution in [2.45, 2.75) is 25.7 Å². The molecule has 10 heteroatoms. The topological polar surface area (TPSA) is 136 Å². The second-order valence-electron chi connectivity index (χ2n) is 7.41. The number of nitrogens with two attached hydrogens (primary N) is 1. The van der Waals surface area contributed by atoms with Gasteiger partial charge in [-0.3, -0.25) is 4.79 Å². The van der Waals surface area contributed by atoms with Crippen molar-refractivity contribution in [2.24, 2.45) is 0 Å². The summed E-state index contributed by atoms with van der Waals surface area (Å²) in [5.74, 6) is 1.59. The number of aromatic amines is 1. The lowest BCUT2D eigenvalue weighted by Gasteiger charge is -2.22. The third kappa shape index (κ3) is 3.20. The van der Waals surface area contributed by atoms with Crippen LogP contribution in [0.1, 0.15) is 28.8 Å². The minimum Gasteiger partial charge on any atom is -0.382 e. The molecule has 1 fully saturated rings. The van der Waals surface area contributed by atoms with E-state index in [0.29, 0.717) is 35.3 Å². The van der Waals surface area contributed by atoms with Gasteiger partial charge >= 0.3 is 0 Å². The summed E-state index contributed by atoms with van der Waals surface area (Å²) in [5.41, 5.74) is 8.09. The van der Waals surface area contributed by atoms with Crippen molar-refractivity contribution < 1.29 is 9.90 Å². The molecule has 5 N–H and O–H groups in total. The molecule has 4 heterocycles. The average molecular weight is 406 g/mol. The number of amides is 1. The van der Waals surface area contributed by atoms with Crippen LogP contribution < -0.4 is 16.0 Å². The predicted octanol–water partition coefficient (Wildman–Crippen LogP) is 1.39. The molecule has 0 spiro atoms. The van der Waals surface area contributed by atoms with Gasteiger partial charge in [0.25, 0.3) is 5.91 Å². The Kier molecular flexibility index (Phi) is 4.47. The van der Waals surface area contributed by atoms with E-state index in [0.717, 1.165) is 31.5 Å². The molecule has 0 aliphatic carbocycles. The monoisotopic (exact) mass is 406 g/mol. The third-order valence-electron chi connectivity index (χ3n) is 5.39. The number of nitrogens with zero attached hydrogens (tertiary/aromatic N) is 5. The highest BCUT2D eigenvalue weighted by Gasteiger charge is 2.32. The Morgan fingerprint density at radius 3 is 2.87 bits per heavy atom. The Labute approximate surface area is 172 Å². The second kappa shape index (κ2) is 7.30. The molecule has 154 valence electrons. The van der Waals surface area contributed by atoms with Crippen LogP contribution in [0.4, 0.5) is 17.3 Å². The van der Waals surface area contributed by atoms with E-state index in [9.17, 15) is 9.90 Å². The first-order valence-corrected chi connectivity index (χ1v) is 9.87. The van der Waals surface area contributed by atoms with Crippen LogP contribution >= 0.6 is 0 Å². The number of likely N-dealkylation sites (tertiary alicyclic amines) is 1. The van der Waals surface area contributed by atoms with Gasteiger partial charge in [0, 0.05) is 37.6 Å². The number of aromatic nitrogens is 4. The molecule has 10 nitrogen and oxygen atoms in total. The zero-order valence-electron chi connectivity index (χ0n) is 16.2. The molecular formula is C20H22N8O2. The molecule has 1 unspecified atom stereocenters. The van der Waals surface area contributed by atoms with Crippen LogP contribution in [-0.2, 0) is 6.54 Å². The SMILES string of the molecule is Nc1nc(-c2ncc[nH]2)nc2c1NC(O)N2Cc1cccc(C(=O)N2CCCC2)c1. The van der Waals surface area contributed by atoms with Crippen molar-refractivity contribution in [3.8, 4) is 11.6 Å². The molecule has 1 atom stereocenters. The van der Waals surface area contributed by atoms with Crippen LogP contribution in [0.3, 0.4) is 0 Å². The summed E-state index contributed by atoms with van der Waals surface area (Å²) < 4.78 is 0. The van der Waals surface area contributed by atoms with Gasteiger partial charge in [-0.25, -0.2) is 15.0 Å². The number of hydrogen-bond acceptors (Lipinski definition) is 8. The summed E-state index contributed by atoms with van der Waals surface area (Å²) in [6.45, 7) is 1.95. The van der Waals surface area contributed by atoms with Crippen LogP contribution in [0.25, 0.3) is 11.6 Å². The third-order valence-corrected chi connectivity index (χ3v) is 5.39. The van der Waals surface area contributed by atoms with Crippen molar-refractivity contribution in [2.75, 3.05) is 29.0 Å². The molecule has 0 radical (unpaired) electrons. The number of carbonyl (C=O) groups excluding carboxylic acids is 1. The number of carbonyl (C=O) groups is 1. The standard InChI is InChI=1S/C20H22N8O2/c21-15-14-18(26-17(25-15)16-22-6-7-23-16)28(20(30)24-14)11-12-4-3-5-13(10-12)19(29)27-8-1-2-9-27/h3-7,10,20,24,30H,1-2,8-9,11H2,(H,22,23)(H2,21,25,26). The molecule has 30 heavy (non-hydrogen) atoms. The number of rotatable bonds is 4. The molecule has 2 aromatic heterocycles. The van der Waals surface area contributed by atoms with Gasteiger partial charge in [-0.2, -0.15) is 0 Å². The van der Waals surface area contributed by atoms with E-state index < -0.39 is 6.35 Å². The van der Waals surface area contributed by atoms with E-state index in [-0.39, 0.29) is 11.7 Å². The molecule has 2 aliphatic rings. The van der Waals surface area contributed by atoms with E-state index in [1.165, 1.54) is 0 Å². The quantitative estimate of drug-likeness (QED) is 0.510. The number of imidazole rings is 1. The molecular weight excluding hydrogens is 384 g/mol. The smallest absolute Gasteiger partial charge is 0.253 e. The van der Waals surface area contributed by atoms with Crippen molar-refractivity contribution in [3.63, 3.8) is 0 Å². The zero-order valence-corrected chi connectivity index (χ0v) is 16.2. The molecule has 1 amide bonds. The minimum atomic E-state index is -1.01. The summed E-state index contributed by atoms with van der Waals surface area (Å²) in [4.78, 5) is 32.2. The molecule has 0 bridgehead atoms. The number of fused-ring (bicyclic) bond motifs is 1. The Morgan fingerprint density at radius 1 is 1.27 bits per heavy atom. The summed E-state index contributed by atoms with van der Waals surface area (Å²) in [6.07, 6.45) is 4.37. The van der Waals surface area contributed by atoms with E-state index in [4.69, 9.17) is 5.73 Å². The summed E-state index contributed by atoms with van der Waals surface area (Å²) in [5, 5.41) is 13.5. The van der Waals surface area contributed by atoms with Gasteiger partial charge in [-0.05, 0) is 30.5 Å². The van der Waals surface area contributed by atoms with Gasteiger partial charge in [0.15, 0.2) is 23.3 Å². The van der Waals surface area contributed by atoms with E-state index in [2.05, 4.69) is 25.3 Å². The fourth-order valence-corrected chi connectivity index (χ4v) is 3.89. The number of aliphatic hydroxyl groups is 1. The fourth-order valence-electron chi connectivity index (χ4n) is 3.89. The number of hydrogen-bond donors (Lipinski definition) is 4. The summed E-state index contributed by atoms with van der Waals surface area (Å²) in [6, 6.07) is 7.47. The van der Waals surface area contributed by atoms with E-state index in [1.54, 1.807) is 17.3 Å². The first-order valence-electron chi connectivity index (χ1n) is 9.87. The van der Waals surface area contributed by atoms with E-state index in [1.807, 2.05) is 29.2 Å². The highest BCUT2D eigenvalue weighted by molar-refractivity contribution is 5.94. The number of benzene rings is 1. The van der Waals surface area contributed by atoms with Gasteiger partial charge in [0.1, 0.15) is 5.69 Å². The minimum absolute atomic E-state index is 0.0431. The number of nitrogen functional groups attached to an aromatic ring is 1. The maximum atomic E-state index is 12.7. The highest BCUT2D eigenvalue weighted by Crippen LogP contribution is 2.37. The van der Waals surface area contributed by atoms with Crippen molar-refractivity contribution in [3.05, 3.63) is 47.8 Å². The van der Waals surface area contributed by atoms with Gasteiger partial charge in [-0.15, -0.1) is 0 Å². The lowest BCUT2D eigenvalue weighted by molar-refractivity contribution is 0.0792. The Balaban J connectivity index is 1.44. The number of anilines is 3. The van der Waals surface area contributed by atoms with Gasteiger partial charge in [0.05, 0.1) is 0 Å². The largest absolute Gasteiger partial charge is 0.382 e. The van der Waals surface area contributed by atoms with Crippen LogP contribution in [0.15, 0.2) is 36.7 Å². The van der Waals surface area contributed by atoms with Crippen molar-refractivity contribution >= 4 is 23.2 Å². The first-order chi connectivity index (χ1) is 14.6. The van der Waals surface area contributed by atoms with Crippen molar-refractivity contribution in [1.29, 1.82) is 0 Å². The fraction of sp³-hybridized carbons (Fsp3) is 0.300. The molecule has 5 rings (SSSR count). The Morgan fingerprint density at radius 2 is 2.10 bits per heavy atom. The Bertz CT molecular complexity index is 1080. The first kappa shape index (κ1) is 18.4. The van der Waals surface area contributed by atoms with Crippen LogP contribution in [0.2, 0.25) is 0 Å². The highest BCUT2D eigenvalue weighted by atomic mass is 16.3. The predicted molar refractivity (Wildman–Crippen MR) is 111 cm³/mol. The van der Waals surface area contributed by atoms with Crippen LogP contribution in [0.5, 0.6) is 0 Å². The maximum Gasteiger partial charge on any atom is 0.253 e. The Hall–Kier alpha value is -3.66. The van der Waals surface area contributed by atoms with E-state index >= 15 is 0 Å². The van der Waals surface area contributed by atoms with Gasteiger partial charge in [-0.1, -0.05) is 12.1 Å². The van der Waals surface area contributed by atoms with Gasteiger partial charge in [0.2, 0.25) is 6.35 Å². The van der Waals surface area contributed by atoms with Crippen LogP contribution in [-0.4, -0.2) is 55.3 Å². The normalized spacial score (nSPS) is 17.8. The number of aliphatic hydroxyl groups excluding tert-OH is 1. The van der Waals surface area contributed by atoms with Crippen molar-refractivity contribution in [1.82, 2.24) is 24.8 Å². The zero-order chi connectivity index (χ0) is 20.7. The average Bonchev–Trinajstić information content (AvgIpc) is 3.51. The molecule has 0 saturated carbocycles. The molecule has 3 aromatic rings. The van der Waals surface area contributed by atoms with Crippen LogP contribution in [0, 0.1) is 0 Å². The lowest BCUT2D eigenvalue weighted by atomic mass is 10.1.